The van der Waals surface area contributed by atoms with Crippen LogP contribution in [0.25, 0.3) is 0 Å². The lowest BCUT2D eigenvalue weighted by Crippen LogP contribution is -2.25. The Kier molecular flexibility index (Phi) is 4.38. The van der Waals surface area contributed by atoms with Gasteiger partial charge in [-0.3, -0.25) is 0 Å². The minimum absolute atomic E-state index is 0.494. The minimum atomic E-state index is 0.494. The van der Waals surface area contributed by atoms with Crippen LogP contribution < -0.4 is 10.1 Å². The smallest absolute Gasteiger partial charge is 0.123 e. The van der Waals surface area contributed by atoms with E-state index < -0.39 is 0 Å². The average molecular weight is 287 g/mol. The summed E-state index contributed by atoms with van der Waals surface area (Å²) in [6.45, 7) is 3.86. The van der Waals surface area contributed by atoms with Gasteiger partial charge in [0.2, 0.25) is 0 Å². The van der Waals surface area contributed by atoms with Crippen LogP contribution in [0.5, 0.6) is 5.75 Å². The Morgan fingerprint density at radius 1 is 1.35 bits per heavy atom. The maximum absolute atomic E-state index is 6.05. The number of fused-ring (bicyclic) bond motifs is 1. The topological polar surface area (TPSA) is 21.3 Å². The van der Waals surface area contributed by atoms with E-state index >= 15 is 0 Å². The molecule has 1 heterocycles. The van der Waals surface area contributed by atoms with Crippen molar-refractivity contribution in [2.24, 2.45) is 0 Å². The van der Waals surface area contributed by atoms with Crippen LogP contribution >= 0.6 is 11.3 Å². The highest BCUT2D eigenvalue weighted by molar-refractivity contribution is 7.07. The molecule has 1 aliphatic rings. The molecule has 0 spiro atoms. The van der Waals surface area contributed by atoms with Crippen molar-refractivity contribution in [3.63, 3.8) is 0 Å². The summed E-state index contributed by atoms with van der Waals surface area (Å²) in [6.07, 6.45) is 3.61. The Morgan fingerprint density at radius 2 is 2.30 bits per heavy atom. The van der Waals surface area contributed by atoms with Gasteiger partial charge in [0, 0.05) is 6.04 Å². The third-order valence-electron chi connectivity index (χ3n) is 3.89. The van der Waals surface area contributed by atoms with Crippen LogP contribution in [0.1, 0.15) is 42.5 Å². The van der Waals surface area contributed by atoms with E-state index in [1.807, 2.05) is 0 Å². The van der Waals surface area contributed by atoms with Crippen molar-refractivity contribution < 1.29 is 4.74 Å². The van der Waals surface area contributed by atoms with Gasteiger partial charge >= 0.3 is 0 Å². The second-order valence-corrected chi connectivity index (χ2v) is 6.03. The highest BCUT2D eigenvalue weighted by Crippen LogP contribution is 2.35. The molecule has 0 aliphatic heterocycles. The zero-order valence-electron chi connectivity index (χ0n) is 11.9. The Labute approximate surface area is 124 Å². The van der Waals surface area contributed by atoms with Gasteiger partial charge in [-0.15, -0.1) is 0 Å². The summed E-state index contributed by atoms with van der Waals surface area (Å²) < 4.78 is 6.05. The minimum Gasteiger partial charge on any atom is -0.489 e. The van der Waals surface area contributed by atoms with Crippen LogP contribution in [0.15, 0.2) is 35.0 Å². The molecule has 1 aliphatic carbocycles. The summed E-state index contributed by atoms with van der Waals surface area (Å²) in [4.78, 5) is 0. The molecular weight excluding hydrogens is 266 g/mol. The summed E-state index contributed by atoms with van der Waals surface area (Å²) in [6, 6.07) is 9.10. The van der Waals surface area contributed by atoms with E-state index in [2.05, 4.69) is 47.3 Å². The van der Waals surface area contributed by atoms with E-state index in [-0.39, 0.29) is 0 Å². The van der Waals surface area contributed by atoms with Crippen LogP contribution in [0.3, 0.4) is 0 Å². The highest BCUT2D eigenvalue weighted by atomic mass is 32.1. The Bertz CT molecular complexity index is 550. The van der Waals surface area contributed by atoms with E-state index in [0.29, 0.717) is 12.6 Å². The first-order valence-electron chi connectivity index (χ1n) is 7.37. The fourth-order valence-corrected chi connectivity index (χ4v) is 3.60. The number of rotatable bonds is 5. The fourth-order valence-electron chi connectivity index (χ4n) is 2.94. The summed E-state index contributed by atoms with van der Waals surface area (Å²) in [7, 11) is 0. The van der Waals surface area contributed by atoms with Crippen molar-refractivity contribution in [1.82, 2.24) is 5.32 Å². The highest BCUT2D eigenvalue weighted by Gasteiger charge is 2.21. The molecule has 0 radical (unpaired) electrons. The SMILES string of the molecule is CCNC1CCCc2c(OCc3ccsc3)cccc21. The maximum atomic E-state index is 6.05. The lowest BCUT2D eigenvalue weighted by Gasteiger charge is -2.27. The predicted molar refractivity (Wildman–Crippen MR) is 84.4 cm³/mol. The van der Waals surface area contributed by atoms with E-state index in [1.54, 1.807) is 11.3 Å². The number of nitrogens with one attached hydrogen (secondary N) is 1. The zero-order chi connectivity index (χ0) is 13.8. The van der Waals surface area contributed by atoms with E-state index in [0.717, 1.165) is 18.7 Å². The van der Waals surface area contributed by atoms with Gasteiger partial charge in [-0.2, -0.15) is 11.3 Å². The summed E-state index contributed by atoms with van der Waals surface area (Å²) in [5.41, 5.74) is 4.09. The first kappa shape index (κ1) is 13.7. The molecule has 0 bridgehead atoms. The van der Waals surface area contributed by atoms with Gasteiger partial charge in [0.05, 0.1) is 0 Å². The molecule has 0 fully saturated rings. The van der Waals surface area contributed by atoms with Gasteiger partial charge in [0.25, 0.3) is 0 Å². The number of ether oxygens (including phenoxy) is 1. The van der Waals surface area contributed by atoms with Crippen molar-refractivity contribution in [3.05, 3.63) is 51.7 Å². The third-order valence-corrected chi connectivity index (χ3v) is 4.62. The monoisotopic (exact) mass is 287 g/mol. The summed E-state index contributed by atoms with van der Waals surface area (Å²) in [5, 5.41) is 7.83. The van der Waals surface area contributed by atoms with Gasteiger partial charge in [-0.1, -0.05) is 19.1 Å². The first-order valence-corrected chi connectivity index (χ1v) is 8.32. The summed E-state index contributed by atoms with van der Waals surface area (Å²) >= 11 is 1.72. The van der Waals surface area contributed by atoms with Crippen LogP contribution in [0.2, 0.25) is 0 Å². The fraction of sp³-hybridized carbons (Fsp3) is 0.412. The van der Waals surface area contributed by atoms with Crippen molar-refractivity contribution in [1.29, 1.82) is 0 Å². The standard InChI is InChI=1S/C17H21NOS/c1-2-18-16-7-3-6-15-14(16)5-4-8-17(15)19-11-13-9-10-20-12-13/h4-5,8-10,12,16,18H,2-3,6-7,11H2,1H3. The molecule has 0 saturated heterocycles. The second-order valence-electron chi connectivity index (χ2n) is 5.25. The second kappa shape index (κ2) is 6.42. The number of thiophene rings is 1. The third kappa shape index (κ3) is 2.89. The van der Waals surface area contributed by atoms with Crippen LogP contribution in [0, 0.1) is 0 Å². The van der Waals surface area contributed by atoms with Gasteiger partial charge in [0.1, 0.15) is 12.4 Å². The molecule has 20 heavy (non-hydrogen) atoms. The number of hydrogen-bond donors (Lipinski definition) is 1. The largest absolute Gasteiger partial charge is 0.489 e. The molecule has 1 N–H and O–H groups in total. The van der Waals surface area contributed by atoms with Crippen LogP contribution in [-0.2, 0) is 13.0 Å². The molecule has 0 amide bonds. The molecular formula is C17H21NOS. The zero-order valence-corrected chi connectivity index (χ0v) is 12.7. The van der Waals surface area contributed by atoms with Crippen LogP contribution in [-0.4, -0.2) is 6.54 Å². The molecule has 3 heteroatoms. The molecule has 1 aromatic heterocycles. The van der Waals surface area contributed by atoms with Gasteiger partial charge < -0.3 is 10.1 Å². The lowest BCUT2D eigenvalue weighted by atomic mass is 9.87. The molecule has 1 unspecified atom stereocenters. The van der Waals surface area contributed by atoms with E-state index in [4.69, 9.17) is 4.74 Å². The molecule has 1 atom stereocenters. The van der Waals surface area contributed by atoms with Crippen LogP contribution in [0.4, 0.5) is 0 Å². The van der Waals surface area contributed by atoms with E-state index in [1.165, 1.54) is 29.5 Å². The molecule has 1 aromatic carbocycles. The normalized spacial score (nSPS) is 17.8. The van der Waals surface area contributed by atoms with Gasteiger partial charge in [0.15, 0.2) is 0 Å². The van der Waals surface area contributed by atoms with Gasteiger partial charge in [-0.25, -0.2) is 0 Å². The Balaban J connectivity index is 1.80. The first-order chi connectivity index (χ1) is 9.88. The number of hydrogen-bond acceptors (Lipinski definition) is 3. The molecule has 2 nitrogen and oxygen atoms in total. The predicted octanol–water partition coefficient (Wildman–Crippen LogP) is 4.31. The lowest BCUT2D eigenvalue weighted by molar-refractivity contribution is 0.300. The Morgan fingerprint density at radius 3 is 3.10 bits per heavy atom. The number of benzene rings is 1. The molecule has 106 valence electrons. The summed E-state index contributed by atoms with van der Waals surface area (Å²) in [5.74, 6) is 1.07. The van der Waals surface area contributed by atoms with Crippen molar-refractivity contribution in [3.8, 4) is 5.75 Å². The Hall–Kier alpha value is -1.32. The van der Waals surface area contributed by atoms with Gasteiger partial charge in [-0.05, 0) is 65.4 Å². The average Bonchev–Trinajstić information content (AvgIpc) is 2.99. The van der Waals surface area contributed by atoms with E-state index in [9.17, 15) is 0 Å². The molecule has 2 aromatic rings. The molecule has 3 rings (SSSR count). The van der Waals surface area contributed by atoms with Crippen molar-refractivity contribution in [2.75, 3.05) is 6.54 Å². The maximum Gasteiger partial charge on any atom is 0.123 e. The molecule has 0 saturated carbocycles. The van der Waals surface area contributed by atoms with Crippen molar-refractivity contribution >= 4 is 11.3 Å². The quantitative estimate of drug-likeness (QED) is 0.884. The van der Waals surface area contributed by atoms with Crippen molar-refractivity contribution in [2.45, 2.75) is 38.8 Å².